The van der Waals surface area contributed by atoms with E-state index in [1.54, 1.807) is 12.0 Å². The predicted octanol–water partition coefficient (Wildman–Crippen LogP) is 1.81. The molecule has 1 N–H and O–H groups in total. The molecule has 0 spiro atoms. The number of aryl methyl sites for hydroxylation is 1. The minimum Gasteiger partial charge on any atom is -0.497 e. The third-order valence-electron chi connectivity index (χ3n) is 4.11. The van der Waals surface area contributed by atoms with Crippen LogP contribution in [0, 0.1) is 6.92 Å². The van der Waals surface area contributed by atoms with E-state index in [1.807, 2.05) is 25.1 Å². The number of hydrogen-bond acceptors (Lipinski definition) is 5. The average molecular weight is 348 g/mol. The second-order valence-corrected chi connectivity index (χ2v) is 6.65. The van der Waals surface area contributed by atoms with Crippen molar-refractivity contribution in [3.63, 3.8) is 0 Å². The number of nitrogens with one attached hydrogen (secondary N) is 1. The van der Waals surface area contributed by atoms with Crippen LogP contribution < -0.4 is 10.1 Å². The van der Waals surface area contributed by atoms with E-state index in [2.05, 4.69) is 5.32 Å². The van der Waals surface area contributed by atoms with Crippen LogP contribution in [0.2, 0.25) is 0 Å². The molecule has 2 aromatic rings. The normalized spacial score (nSPS) is 14.7. The third kappa shape index (κ3) is 3.37. The van der Waals surface area contributed by atoms with Crippen LogP contribution in [-0.2, 0) is 9.53 Å². The standard InChI is InChI=1S/C17H20N2O4S/c1-11-13-9-12(22-2)3-4-14(13)24-16(11)17(21)18-10-15(20)19-5-7-23-8-6-19/h3-4,9H,5-8,10H2,1-2H3,(H,18,21). The topological polar surface area (TPSA) is 67.9 Å². The highest BCUT2D eigenvalue weighted by Crippen LogP contribution is 2.33. The van der Waals surface area contributed by atoms with Gasteiger partial charge in [-0.1, -0.05) is 0 Å². The second kappa shape index (κ2) is 7.19. The number of thiophene rings is 1. The molecule has 2 amide bonds. The number of rotatable bonds is 4. The van der Waals surface area contributed by atoms with Crippen molar-refractivity contribution in [2.24, 2.45) is 0 Å². The smallest absolute Gasteiger partial charge is 0.262 e. The van der Waals surface area contributed by atoms with Crippen LogP contribution in [0.5, 0.6) is 5.75 Å². The first kappa shape index (κ1) is 16.7. The molecule has 1 saturated heterocycles. The van der Waals surface area contributed by atoms with Crippen molar-refractivity contribution < 1.29 is 19.1 Å². The van der Waals surface area contributed by atoms with Crippen molar-refractivity contribution in [2.75, 3.05) is 40.0 Å². The number of amides is 2. The molecule has 24 heavy (non-hydrogen) atoms. The van der Waals surface area contributed by atoms with Crippen LogP contribution in [0.4, 0.5) is 0 Å². The van der Waals surface area contributed by atoms with Gasteiger partial charge in [-0.3, -0.25) is 9.59 Å². The lowest BCUT2D eigenvalue weighted by Crippen LogP contribution is -2.45. The molecule has 1 aromatic heterocycles. The van der Waals surface area contributed by atoms with Gasteiger partial charge in [0, 0.05) is 17.8 Å². The molecular formula is C17H20N2O4S. The van der Waals surface area contributed by atoms with E-state index in [-0.39, 0.29) is 18.4 Å². The molecule has 0 bridgehead atoms. The van der Waals surface area contributed by atoms with Gasteiger partial charge >= 0.3 is 0 Å². The summed E-state index contributed by atoms with van der Waals surface area (Å²) in [5, 5.41) is 3.74. The molecule has 0 radical (unpaired) electrons. The lowest BCUT2D eigenvalue weighted by Gasteiger charge is -2.26. The zero-order valence-corrected chi connectivity index (χ0v) is 14.6. The highest BCUT2D eigenvalue weighted by atomic mass is 32.1. The summed E-state index contributed by atoms with van der Waals surface area (Å²) in [5.41, 5.74) is 0.908. The summed E-state index contributed by atoms with van der Waals surface area (Å²) in [6.45, 7) is 4.19. The molecule has 1 aliphatic rings. The molecule has 0 atom stereocenters. The molecule has 7 heteroatoms. The molecule has 6 nitrogen and oxygen atoms in total. The summed E-state index contributed by atoms with van der Waals surface area (Å²) in [7, 11) is 1.62. The Balaban J connectivity index is 1.69. The van der Waals surface area contributed by atoms with Crippen LogP contribution in [0.1, 0.15) is 15.2 Å². The van der Waals surface area contributed by atoms with E-state index < -0.39 is 0 Å². The van der Waals surface area contributed by atoms with Gasteiger partial charge in [0.25, 0.3) is 5.91 Å². The number of hydrogen-bond donors (Lipinski definition) is 1. The van der Waals surface area contributed by atoms with Gasteiger partial charge in [0.15, 0.2) is 0 Å². The Morgan fingerprint density at radius 2 is 2.08 bits per heavy atom. The Morgan fingerprint density at radius 3 is 2.79 bits per heavy atom. The first-order chi connectivity index (χ1) is 11.6. The summed E-state index contributed by atoms with van der Waals surface area (Å²) in [6.07, 6.45) is 0. The summed E-state index contributed by atoms with van der Waals surface area (Å²) < 4.78 is 11.5. The maximum atomic E-state index is 12.4. The molecule has 2 heterocycles. The number of fused-ring (bicyclic) bond motifs is 1. The monoisotopic (exact) mass is 348 g/mol. The summed E-state index contributed by atoms with van der Waals surface area (Å²) in [4.78, 5) is 26.9. The van der Waals surface area contributed by atoms with Crippen LogP contribution in [-0.4, -0.2) is 56.7 Å². The number of benzene rings is 1. The lowest BCUT2D eigenvalue weighted by molar-refractivity contribution is -0.134. The minimum absolute atomic E-state index is 0.00976. The highest BCUT2D eigenvalue weighted by molar-refractivity contribution is 7.21. The summed E-state index contributed by atoms with van der Waals surface area (Å²) in [6, 6.07) is 5.75. The average Bonchev–Trinajstić information content (AvgIpc) is 2.96. The second-order valence-electron chi connectivity index (χ2n) is 5.59. The lowest BCUT2D eigenvalue weighted by atomic mass is 10.1. The number of methoxy groups -OCH3 is 1. The maximum absolute atomic E-state index is 12.4. The maximum Gasteiger partial charge on any atom is 0.262 e. The Hall–Kier alpha value is -2.12. The van der Waals surface area contributed by atoms with E-state index in [1.165, 1.54) is 11.3 Å². The molecule has 0 unspecified atom stereocenters. The van der Waals surface area contributed by atoms with Gasteiger partial charge in [-0.15, -0.1) is 11.3 Å². The van der Waals surface area contributed by atoms with E-state index in [0.29, 0.717) is 31.2 Å². The fourth-order valence-corrected chi connectivity index (χ4v) is 3.81. The van der Waals surface area contributed by atoms with E-state index in [4.69, 9.17) is 9.47 Å². The van der Waals surface area contributed by atoms with Crippen molar-refractivity contribution in [3.05, 3.63) is 28.6 Å². The fourth-order valence-electron chi connectivity index (χ4n) is 2.70. The van der Waals surface area contributed by atoms with Gasteiger partial charge in [0.1, 0.15) is 5.75 Å². The zero-order valence-electron chi connectivity index (χ0n) is 13.8. The summed E-state index contributed by atoms with van der Waals surface area (Å²) >= 11 is 1.43. The molecule has 1 aromatic carbocycles. The molecule has 128 valence electrons. The van der Waals surface area contributed by atoms with Crippen molar-refractivity contribution in [3.8, 4) is 5.75 Å². The van der Waals surface area contributed by atoms with E-state index >= 15 is 0 Å². The van der Waals surface area contributed by atoms with Crippen molar-refractivity contribution >= 4 is 33.2 Å². The largest absolute Gasteiger partial charge is 0.497 e. The number of carbonyl (C=O) groups is 2. The first-order valence-corrected chi connectivity index (χ1v) is 8.62. The summed E-state index contributed by atoms with van der Waals surface area (Å²) in [5.74, 6) is 0.471. The van der Waals surface area contributed by atoms with Crippen molar-refractivity contribution in [1.82, 2.24) is 10.2 Å². The Labute approximate surface area is 144 Å². The van der Waals surface area contributed by atoms with E-state index in [0.717, 1.165) is 21.4 Å². The number of carbonyl (C=O) groups excluding carboxylic acids is 2. The van der Waals surface area contributed by atoms with Gasteiger partial charge in [-0.2, -0.15) is 0 Å². The van der Waals surface area contributed by atoms with Crippen molar-refractivity contribution in [2.45, 2.75) is 6.92 Å². The molecule has 0 saturated carbocycles. The molecular weight excluding hydrogens is 328 g/mol. The van der Waals surface area contributed by atoms with Crippen LogP contribution in [0.25, 0.3) is 10.1 Å². The Morgan fingerprint density at radius 1 is 1.33 bits per heavy atom. The van der Waals surface area contributed by atoms with Gasteiger partial charge in [-0.05, 0) is 36.1 Å². The van der Waals surface area contributed by atoms with Crippen LogP contribution in [0.3, 0.4) is 0 Å². The number of morpholine rings is 1. The number of nitrogens with zero attached hydrogens (tertiary/aromatic N) is 1. The Kier molecular flexibility index (Phi) is 5.01. The quantitative estimate of drug-likeness (QED) is 0.915. The van der Waals surface area contributed by atoms with Gasteiger partial charge in [0.05, 0.1) is 31.7 Å². The Bertz CT molecular complexity index is 765. The number of ether oxygens (including phenoxy) is 2. The molecule has 3 rings (SSSR count). The van der Waals surface area contributed by atoms with Crippen LogP contribution >= 0.6 is 11.3 Å². The van der Waals surface area contributed by atoms with Gasteiger partial charge < -0.3 is 19.7 Å². The zero-order chi connectivity index (χ0) is 17.1. The SMILES string of the molecule is COc1ccc2sc(C(=O)NCC(=O)N3CCOCC3)c(C)c2c1. The first-order valence-electron chi connectivity index (χ1n) is 7.81. The molecule has 0 aliphatic carbocycles. The third-order valence-corrected chi connectivity index (χ3v) is 5.39. The minimum atomic E-state index is -0.214. The fraction of sp³-hybridized carbons (Fsp3) is 0.412. The van der Waals surface area contributed by atoms with Gasteiger partial charge in [0.2, 0.25) is 5.91 Å². The van der Waals surface area contributed by atoms with Crippen molar-refractivity contribution in [1.29, 1.82) is 0 Å². The highest BCUT2D eigenvalue weighted by Gasteiger charge is 2.20. The molecule has 1 fully saturated rings. The van der Waals surface area contributed by atoms with E-state index in [9.17, 15) is 9.59 Å². The van der Waals surface area contributed by atoms with Gasteiger partial charge in [-0.25, -0.2) is 0 Å². The van der Waals surface area contributed by atoms with Crippen LogP contribution in [0.15, 0.2) is 18.2 Å². The molecule has 1 aliphatic heterocycles. The predicted molar refractivity (Wildman–Crippen MR) is 92.8 cm³/mol.